The Balaban J connectivity index is 1.85. The van der Waals surface area contributed by atoms with Crippen LogP contribution in [0.2, 0.25) is 0 Å². The van der Waals surface area contributed by atoms with Gasteiger partial charge in [0.15, 0.2) is 0 Å². The lowest BCUT2D eigenvalue weighted by Crippen LogP contribution is -2.25. The summed E-state index contributed by atoms with van der Waals surface area (Å²) < 4.78 is 0. The maximum absolute atomic E-state index is 4.39. The van der Waals surface area contributed by atoms with Gasteiger partial charge in [0.05, 0.1) is 5.01 Å². The molecule has 1 N–H and O–H groups in total. The third-order valence-electron chi connectivity index (χ3n) is 3.39. The maximum atomic E-state index is 4.39. The molecule has 0 spiro atoms. The second-order valence-electron chi connectivity index (χ2n) is 4.39. The molecule has 1 aromatic rings. The first-order valence-corrected chi connectivity index (χ1v) is 6.87. The Kier molecular flexibility index (Phi) is 4.15. The third kappa shape index (κ3) is 3.02. The quantitative estimate of drug-likeness (QED) is 0.832. The number of thiazole rings is 1. The van der Waals surface area contributed by atoms with Crippen LogP contribution in [-0.2, 0) is 6.42 Å². The van der Waals surface area contributed by atoms with E-state index < -0.39 is 0 Å². The van der Waals surface area contributed by atoms with Crippen LogP contribution >= 0.6 is 11.3 Å². The van der Waals surface area contributed by atoms with Crippen molar-refractivity contribution in [3.63, 3.8) is 0 Å². The Morgan fingerprint density at radius 3 is 3.07 bits per heavy atom. The molecule has 15 heavy (non-hydrogen) atoms. The summed E-state index contributed by atoms with van der Waals surface area (Å²) >= 11 is 1.80. The van der Waals surface area contributed by atoms with Crippen LogP contribution in [0.15, 0.2) is 11.6 Å². The minimum Gasteiger partial charge on any atom is -0.317 e. The van der Waals surface area contributed by atoms with Crippen LogP contribution in [0.4, 0.5) is 0 Å². The monoisotopic (exact) mass is 224 g/mol. The fraction of sp³-hybridized carbons (Fsp3) is 0.750. The highest BCUT2D eigenvalue weighted by molar-refractivity contribution is 7.09. The molecule has 84 valence electrons. The van der Waals surface area contributed by atoms with Gasteiger partial charge in [0.1, 0.15) is 0 Å². The van der Waals surface area contributed by atoms with Crippen LogP contribution in [0.25, 0.3) is 0 Å². The van der Waals surface area contributed by atoms with Gasteiger partial charge < -0.3 is 5.32 Å². The maximum Gasteiger partial charge on any atom is 0.0927 e. The van der Waals surface area contributed by atoms with Crippen LogP contribution in [0, 0.1) is 11.8 Å². The Bertz CT molecular complexity index is 271. The summed E-state index contributed by atoms with van der Waals surface area (Å²) in [6.45, 7) is 4.48. The van der Waals surface area contributed by atoms with Crippen molar-refractivity contribution in [3.8, 4) is 0 Å². The molecular formula is C12H20N2S. The molecule has 1 saturated carbocycles. The smallest absolute Gasteiger partial charge is 0.0927 e. The van der Waals surface area contributed by atoms with E-state index in [-0.39, 0.29) is 0 Å². The Morgan fingerprint density at radius 2 is 2.33 bits per heavy atom. The summed E-state index contributed by atoms with van der Waals surface area (Å²) in [5, 5.41) is 6.89. The number of nitrogens with zero attached hydrogens (tertiary/aromatic N) is 1. The molecule has 2 atom stereocenters. The number of rotatable bonds is 5. The van der Waals surface area contributed by atoms with Gasteiger partial charge in [0.2, 0.25) is 0 Å². The number of aromatic nitrogens is 1. The zero-order valence-corrected chi connectivity index (χ0v) is 10.2. The Morgan fingerprint density at radius 1 is 1.47 bits per heavy atom. The molecule has 0 aliphatic heterocycles. The average Bonchev–Trinajstić information content (AvgIpc) is 2.87. The van der Waals surface area contributed by atoms with E-state index in [0.29, 0.717) is 0 Å². The van der Waals surface area contributed by atoms with E-state index >= 15 is 0 Å². The van der Waals surface area contributed by atoms with Crippen molar-refractivity contribution < 1.29 is 0 Å². The highest BCUT2D eigenvalue weighted by atomic mass is 32.1. The fourth-order valence-electron chi connectivity index (χ4n) is 2.56. The molecule has 1 heterocycles. The summed E-state index contributed by atoms with van der Waals surface area (Å²) in [6.07, 6.45) is 7.34. The van der Waals surface area contributed by atoms with Crippen molar-refractivity contribution in [2.45, 2.75) is 32.6 Å². The van der Waals surface area contributed by atoms with Crippen LogP contribution in [-0.4, -0.2) is 18.1 Å². The van der Waals surface area contributed by atoms with E-state index in [2.05, 4.69) is 22.6 Å². The molecule has 1 aromatic heterocycles. The third-order valence-corrected chi connectivity index (χ3v) is 4.20. The lowest BCUT2D eigenvalue weighted by molar-refractivity contribution is 0.368. The van der Waals surface area contributed by atoms with Crippen molar-refractivity contribution in [2.24, 2.45) is 11.8 Å². The molecule has 0 bridgehead atoms. The van der Waals surface area contributed by atoms with E-state index in [1.165, 1.54) is 37.2 Å². The number of hydrogen-bond acceptors (Lipinski definition) is 3. The molecule has 0 aromatic carbocycles. The molecule has 0 amide bonds. The van der Waals surface area contributed by atoms with Crippen LogP contribution in [0.3, 0.4) is 0 Å². The molecule has 1 fully saturated rings. The van der Waals surface area contributed by atoms with E-state index in [1.54, 1.807) is 11.3 Å². The van der Waals surface area contributed by atoms with Gasteiger partial charge in [-0.05, 0) is 37.8 Å². The predicted octanol–water partition coefficient (Wildman–Crippen LogP) is 2.71. The predicted molar refractivity (Wildman–Crippen MR) is 65.2 cm³/mol. The first-order chi connectivity index (χ1) is 7.40. The zero-order valence-electron chi connectivity index (χ0n) is 9.41. The van der Waals surface area contributed by atoms with E-state index in [1.807, 2.05) is 6.20 Å². The van der Waals surface area contributed by atoms with Crippen LogP contribution < -0.4 is 5.32 Å². The van der Waals surface area contributed by atoms with Crippen molar-refractivity contribution >= 4 is 11.3 Å². The molecule has 3 heteroatoms. The molecule has 1 aliphatic carbocycles. The average molecular weight is 224 g/mol. The van der Waals surface area contributed by atoms with Crippen LogP contribution in [0.5, 0.6) is 0 Å². The minimum atomic E-state index is 0.871. The Labute approximate surface area is 96.1 Å². The van der Waals surface area contributed by atoms with E-state index in [0.717, 1.165) is 18.4 Å². The molecule has 0 saturated heterocycles. The first-order valence-electron chi connectivity index (χ1n) is 5.99. The van der Waals surface area contributed by atoms with Gasteiger partial charge in [0, 0.05) is 18.0 Å². The van der Waals surface area contributed by atoms with Crippen molar-refractivity contribution in [1.29, 1.82) is 0 Å². The lowest BCUT2D eigenvalue weighted by atomic mass is 9.93. The number of hydrogen-bond donors (Lipinski definition) is 1. The normalized spacial score (nSPS) is 25.9. The van der Waals surface area contributed by atoms with Crippen molar-refractivity contribution in [3.05, 3.63) is 16.6 Å². The highest BCUT2D eigenvalue weighted by Crippen LogP contribution is 2.34. The van der Waals surface area contributed by atoms with Crippen molar-refractivity contribution in [2.75, 3.05) is 13.1 Å². The van der Waals surface area contributed by atoms with E-state index in [9.17, 15) is 0 Å². The summed E-state index contributed by atoms with van der Waals surface area (Å²) in [4.78, 5) is 4.39. The molecule has 2 unspecified atom stereocenters. The standard InChI is InChI=1S/C12H20N2S/c1-2-13-9-11-5-3-4-10(11)8-12-14-6-7-15-12/h6-7,10-11,13H,2-5,8-9H2,1H3. The molecule has 1 aliphatic rings. The molecule has 2 rings (SSSR count). The number of nitrogens with one attached hydrogen (secondary N) is 1. The van der Waals surface area contributed by atoms with Gasteiger partial charge in [-0.15, -0.1) is 11.3 Å². The zero-order chi connectivity index (χ0) is 10.5. The first kappa shape index (κ1) is 11.1. The molecular weight excluding hydrogens is 204 g/mol. The van der Waals surface area contributed by atoms with Crippen molar-refractivity contribution in [1.82, 2.24) is 10.3 Å². The van der Waals surface area contributed by atoms with E-state index in [4.69, 9.17) is 0 Å². The lowest BCUT2D eigenvalue weighted by Gasteiger charge is -2.18. The van der Waals surface area contributed by atoms with Gasteiger partial charge >= 0.3 is 0 Å². The molecule has 0 radical (unpaired) electrons. The van der Waals surface area contributed by atoms with Crippen LogP contribution in [0.1, 0.15) is 31.2 Å². The summed E-state index contributed by atoms with van der Waals surface area (Å²) in [5.41, 5.74) is 0. The van der Waals surface area contributed by atoms with Gasteiger partial charge in [-0.25, -0.2) is 4.98 Å². The van der Waals surface area contributed by atoms with Gasteiger partial charge in [-0.1, -0.05) is 13.3 Å². The van der Waals surface area contributed by atoms with Gasteiger partial charge in [0.25, 0.3) is 0 Å². The SMILES string of the molecule is CCNCC1CCCC1Cc1nccs1. The second-order valence-corrected chi connectivity index (χ2v) is 5.37. The topological polar surface area (TPSA) is 24.9 Å². The summed E-state index contributed by atoms with van der Waals surface area (Å²) in [7, 11) is 0. The Hall–Kier alpha value is -0.410. The fourth-order valence-corrected chi connectivity index (χ4v) is 3.27. The summed E-state index contributed by atoms with van der Waals surface area (Å²) in [6, 6.07) is 0. The largest absolute Gasteiger partial charge is 0.317 e. The van der Waals surface area contributed by atoms with Gasteiger partial charge in [-0.3, -0.25) is 0 Å². The molecule has 2 nitrogen and oxygen atoms in total. The second kappa shape index (κ2) is 5.61. The highest BCUT2D eigenvalue weighted by Gasteiger charge is 2.27. The minimum absolute atomic E-state index is 0.871. The summed E-state index contributed by atoms with van der Waals surface area (Å²) in [5.74, 6) is 1.75. The van der Waals surface area contributed by atoms with Gasteiger partial charge in [-0.2, -0.15) is 0 Å².